The highest BCUT2D eigenvalue weighted by Gasteiger charge is 2.29. The highest BCUT2D eigenvalue weighted by molar-refractivity contribution is 7.10. The fourth-order valence-corrected chi connectivity index (χ4v) is 3.90. The number of rotatable bonds is 7. The molecule has 0 radical (unpaired) electrons. The number of hydrogen-bond donors (Lipinski definition) is 2. The molecule has 5 nitrogen and oxygen atoms in total. The highest BCUT2D eigenvalue weighted by Crippen LogP contribution is 2.30. The van der Waals surface area contributed by atoms with E-state index in [2.05, 4.69) is 29.5 Å². The molecule has 0 bridgehead atoms. The van der Waals surface area contributed by atoms with Crippen molar-refractivity contribution in [2.45, 2.75) is 52.5 Å². The summed E-state index contributed by atoms with van der Waals surface area (Å²) in [5, 5.41) is 8.59. The number of aromatic nitrogens is 1. The summed E-state index contributed by atoms with van der Waals surface area (Å²) in [6.07, 6.45) is 3.89. The van der Waals surface area contributed by atoms with E-state index in [9.17, 15) is 9.59 Å². The molecular formula is C21H27N3O2S. The summed E-state index contributed by atoms with van der Waals surface area (Å²) in [6.45, 7) is 6.26. The van der Waals surface area contributed by atoms with Gasteiger partial charge in [-0.1, -0.05) is 38.0 Å². The van der Waals surface area contributed by atoms with Crippen LogP contribution in [0, 0.1) is 18.8 Å². The predicted molar refractivity (Wildman–Crippen MR) is 109 cm³/mol. The van der Waals surface area contributed by atoms with Gasteiger partial charge >= 0.3 is 0 Å². The Morgan fingerprint density at radius 3 is 2.52 bits per heavy atom. The lowest BCUT2D eigenvalue weighted by molar-refractivity contribution is -0.128. The average Bonchev–Trinajstić information content (AvgIpc) is 3.04. The molecule has 0 spiro atoms. The van der Waals surface area contributed by atoms with Crippen molar-refractivity contribution in [3.8, 4) is 0 Å². The van der Waals surface area contributed by atoms with E-state index in [4.69, 9.17) is 0 Å². The van der Waals surface area contributed by atoms with Crippen molar-refractivity contribution in [3.63, 3.8) is 0 Å². The predicted octanol–water partition coefficient (Wildman–Crippen LogP) is 4.71. The Morgan fingerprint density at radius 1 is 1.22 bits per heavy atom. The molecule has 2 amide bonds. The van der Waals surface area contributed by atoms with Crippen molar-refractivity contribution in [2.75, 3.05) is 5.32 Å². The first-order chi connectivity index (χ1) is 12.9. The van der Waals surface area contributed by atoms with Crippen molar-refractivity contribution in [3.05, 3.63) is 45.9 Å². The Balaban J connectivity index is 1.68. The van der Waals surface area contributed by atoms with E-state index in [-0.39, 0.29) is 23.8 Å². The zero-order valence-electron chi connectivity index (χ0n) is 16.1. The van der Waals surface area contributed by atoms with Gasteiger partial charge in [-0.3, -0.25) is 9.59 Å². The minimum absolute atomic E-state index is 0.118. The summed E-state index contributed by atoms with van der Waals surface area (Å²) in [5.74, 6) is 0.456. The third kappa shape index (κ3) is 5.16. The first-order valence-electron chi connectivity index (χ1n) is 9.56. The molecule has 1 heterocycles. The number of hydrogen-bond acceptors (Lipinski definition) is 4. The summed E-state index contributed by atoms with van der Waals surface area (Å²) >= 11 is 1.43. The van der Waals surface area contributed by atoms with Crippen molar-refractivity contribution >= 4 is 28.8 Å². The molecular weight excluding hydrogens is 358 g/mol. The fourth-order valence-electron chi connectivity index (χ4n) is 3.04. The molecule has 0 saturated heterocycles. The number of carbonyl (C=O) groups excluding carboxylic acids is 2. The van der Waals surface area contributed by atoms with E-state index in [0.29, 0.717) is 11.6 Å². The maximum atomic E-state index is 12.5. The number of amides is 2. The standard InChI is InChI=1S/C21H27N3O2S/c1-13(2)11-17(23-19(25)15-5-4-6-15)21-24-18(12-27-21)20(26)22-16-9-7-14(3)8-10-16/h7-10,12-13,15,17H,4-6,11H2,1-3H3,(H,22,26)(H,23,25)/t17-/m1/s1. The quantitative estimate of drug-likeness (QED) is 0.725. The molecule has 1 aromatic heterocycles. The van der Waals surface area contributed by atoms with Gasteiger partial charge in [-0.2, -0.15) is 0 Å². The van der Waals surface area contributed by atoms with Crippen LogP contribution in [0.2, 0.25) is 0 Å². The van der Waals surface area contributed by atoms with Crippen LogP contribution in [0.3, 0.4) is 0 Å². The molecule has 1 aliphatic carbocycles. The van der Waals surface area contributed by atoms with Gasteiger partial charge in [0, 0.05) is 17.0 Å². The Kier molecular flexibility index (Phi) is 6.26. The van der Waals surface area contributed by atoms with Gasteiger partial charge in [0.05, 0.1) is 6.04 Å². The Morgan fingerprint density at radius 2 is 1.93 bits per heavy atom. The van der Waals surface area contributed by atoms with Gasteiger partial charge < -0.3 is 10.6 Å². The largest absolute Gasteiger partial charge is 0.347 e. The van der Waals surface area contributed by atoms with Crippen molar-refractivity contribution in [2.24, 2.45) is 11.8 Å². The average molecular weight is 386 g/mol. The lowest BCUT2D eigenvalue weighted by Gasteiger charge is -2.27. The lowest BCUT2D eigenvalue weighted by atomic mass is 9.84. The minimum Gasteiger partial charge on any atom is -0.347 e. The second-order valence-electron chi connectivity index (χ2n) is 7.71. The topological polar surface area (TPSA) is 71.1 Å². The summed E-state index contributed by atoms with van der Waals surface area (Å²) in [4.78, 5) is 29.4. The van der Waals surface area contributed by atoms with Crippen LogP contribution in [0.1, 0.15) is 66.6 Å². The Hall–Kier alpha value is -2.21. The number of benzene rings is 1. The van der Waals surface area contributed by atoms with Crippen LogP contribution in [0.5, 0.6) is 0 Å². The normalized spacial score (nSPS) is 15.3. The molecule has 3 rings (SSSR count). The summed E-state index contributed by atoms with van der Waals surface area (Å²) in [7, 11) is 0. The number of thiazole rings is 1. The van der Waals surface area contributed by atoms with Crippen LogP contribution >= 0.6 is 11.3 Å². The molecule has 2 N–H and O–H groups in total. The minimum atomic E-state index is -0.227. The van der Waals surface area contributed by atoms with Crippen LogP contribution in [0.15, 0.2) is 29.6 Å². The van der Waals surface area contributed by atoms with E-state index in [1.165, 1.54) is 11.3 Å². The van der Waals surface area contributed by atoms with Gasteiger partial charge in [-0.15, -0.1) is 11.3 Å². The SMILES string of the molecule is Cc1ccc(NC(=O)c2csc([C@@H](CC(C)C)NC(=O)C3CCC3)n2)cc1. The van der Waals surface area contributed by atoms with E-state index >= 15 is 0 Å². The highest BCUT2D eigenvalue weighted by atomic mass is 32.1. The fraction of sp³-hybridized carbons (Fsp3) is 0.476. The second kappa shape index (κ2) is 8.65. The number of nitrogens with zero attached hydrogens (tertiary/aromatic N) is 1. The lowest BCUT2D eigenvalue weighted by Crippen LogP contribution is -2.37. The molecule has 144 valence electrons. The maximum Gasteiger partial charge on any atom is 0.275 e. The first-order valence-corrected chi connectivity index (χ1v) is 10.4. The molecule has 0 unspecified atom stereocenters. The molecule has 1 saturated carbocycles. The second-order valence-corrected chi connectivity index (χ2v) is 8.60. The first kappa shape index (κ1) is 19.5. The van der Waals surface area contributed by atoms with Gasteiger partial charge in [0.25, 0.3) is 5.91 Å². The summed E-state index contributed by atoms with van der Waals surface area (Å²) in [6, 6.07) is 7.53. The van der Waals surface area contributed by atoms with Crippen molar-refractivity contribution < 1.29 is 9.59 Å². The number of carbonyl (C=O) groups is 2. The Labute approximate surface area is 164 Å². The van der Waals surface area contributed by atoms with E-state index in [1.807, 2.05) is 31.2 Å². The van der Waals surface area contributed by atoms with Crippen LogP contribution < -0.4 is 10.6 Å². The van der Waals surface area contributed by atoms with Gasteiger partial charge in [0.2, 0.25) is 5.91 Å². The third-order valence-corrected chi connectivity index (χ3v) is 5.82. The molecule has 1 aliphatic rings. The molecule has 1 aromatic carbocycles. The Bertz CT molecular complexity index is 794. The van der Waals surface area contributed by atoms with Crippen LogP contribution in [0.4, 0.5) is 5.69 Å². The molecule has 27 heavy (non-hydrogen) atoms. The molecule has 2 aromatic rings. The molecule has 6 heteroatoms. The molecule has 1 fully saturated rings. The van der Waals surface area contributed by atoms with Crippen molar-refractivity contribution in [1.29, 1.82) is 0 Å². The van der Waals surface area contributed by atoms with Crippen molar-refractivity contribution in [1.82, 2.24) is 10.3 Å². The van der Waals surface area contributed by atoms with Crippen LogP contribution in [-0.4, -0.2) is 16.8 Å². The van der Waals surface area contributed by atoms with Gasteiger partial charge in [-0.25, -0.2) is 4.98 Å². The van der Waals surface area contributed by atoms with E-state index in [1.54, 1.807) is 5.38 Å². The third-order valence-electron chi connectivity index (χ3n) is 4.86. The molecule has 1 atom stereocenters. The summed E-state index contributed by atoms with van der Waals surface area (Å²) < 4.78 is 0. The number of anilines is 1. The zero-order chi connectivity index (χ0) is 19.4. The van der Waals surface area contributed by atoms with Gasteiger partial charge in [-0.05, 0) is 44.2 Å². The van der Waals surface area contributed by atoms with Gasteiger partial charge in [0.15, 0.2) is 0 Å². The molecule has 0 aliphatic heterocycles. The zero-order valence-corrected chi connectivity index (χ0v) is 16.9. The summed E-state index contributed by atoms with van der Waals surface area (Å²) in [5.41, 5.74) is 2.28. The van der Waals surface area contributed by atoms with E-state index < -0.39 is 0 Å². The monoisotopic (exact) mass is 385 g/mol. The smallest absolute Gasteiger partial charge is 0.275 e. The number of nitrogens with one attached hydrogen (secondary N) is 2. The van der Waals surface area contributed by atoms with Crippen LogP contribution in [-0.2, 0) is 4.79 Å². The van der Waals surface area contributed by atoms with Gasteiger partial charge in [0.1, 0.15) is 10.7 Å². The number of aryl methyl sites for hydroxylation is 1. The maximum absolute atomic E-state index is 12.5. The van der Waals surface area contributed by atoms with Crippen LogP contribution in [0.25, 0.3) is 0 Å². The van der Waals surface area contributed by atoms with E-state index in [0.717, 1.165) is 41.9 Å².